The van der Waals surface area contributed by atoms with E-state index in [0.717, 1.165) is 15.8 Å². The monoisotopic (exact) mass is 454 g/mol. The number of pyridine rings is 1. The first-order chi connectivity index (χ1) is 12.5. The van der Waals surface area contributed by atoms with E-state index in [-0.39, 0.29) is 12.5 Å². The van der Waals surface area contributed by atoms with Crippen LogP contribution in [0.25, 0.3) is 5.65 Å². The average Bonchev–Trinajstić information content (AvgIpc) is 2.99. The molecule has 0 saturated heterocycles. The van der Waals surface area contributed by atoms with E-state index in [0.29, 0.717) is 28.8 Å². The van der Waals surface area contributed by atoms with Crippen LogP contribution in [0.1, 0.15) is 12.6 Å². The summed E-state index contributed by atoms with van der Waals surface area (Å²) >= 11 is 15.7. The van der Waals surface area contributed by atoms with E-state index in [1.807, 2.05) is 40.8 Å². The summed E-state index contributed by atoms with van der Waals surface area (Å²) in [5.41, 5.74) is 2.20. The van der Waals surface area contributed by atoms with Crippen LogP contribution in [0.5, 0.6) is 0 Å². The highest BCUT2D eigenvalue weighted by Crippen LogP contribution is 2.29. The highest BCUT2D eigenvalue weighted by molar-refractivity contribution is 9.10. The Morgan fingerprint density at radius 2 is 1.96 bits per heavy atom. The number of carbonyl (C=O) groups excluding carboxylic acids is 1. The van der Waals surface area contributed by atoms with Crippen LogP contribution in [0.15, 0.2) is 47.2 Å². The Balaban J connectivity index is 1.67. The third-order valence-corrected chi connectivity index (χ3v) is 4.99. The van der Waals surface area contributed by atoms with Crippen molar-refractivity contribution in [3.63, 3.8) is 0 Å². The van der Waals surface area contributed by atoms with Gasteiger partial charge in [-0.1, -0.05) is 36.2 Å². The minimum absolute atomic E-state index is 0.173. The largest absolute Gasteiger partial charge is 0.322 e. The van der Waals surface area contributed by atoms with Crippen LogP contribution in [0.4, 0.5) is 5.69 Å². The molecular weight excluding hydrogens is 439 g/mol. The molecule has 2 heterocycles. The molecule has 0 unspecified atom stereocenters. The molecule has 0 aliphatic rings. The number of aromatic nitrogens is 2. The fourth-order valence-electron chi connectivity index (χ4n) is 2.60. The van der Waals surface area contributed by atoms with Crippen LogP contribution in [0, 0.1) is 0 Å². The molecule has 0 aliphatic heterocycles. The van der Waals surface area contributed by atoms with Crippen LogP contribution in [0.3, 0.4) is 0 Å². The van der Waals surface area contributed by atoms with Crippen molar-refractivity contribution in [1.29, 1.82) is 0 Å². The number of likely N-dealkylation sites (N-methyl/N-ethyl adjacent to an activating group) is 1. The number of anilines is 1. The fourth-order valence-corrected chi connectivity index (χ4v) is 3.45. The van der Waals surface area contributed by atoms with Gasteiger partial charge in [-0.25, -0.2) is 4.98 Å². The smallest absolute Gasteiger partial charge is 0.238 e. The lowest BCUT2D eigenvalue weighted by Crippen LogP contribution is -2.33. The molecule has 26 heavy (non-hydrogen) atoms. The van der Waals surface area contributed by atoms with E-state index < -0.39 is 0 Å². The Labute approximate surface area is 170 Å². The molecule has 3 aromatic rings. The summed E-state index contributed by atoms with van der Waals surface area (Å²) in [5, 5.41) is 3.62. The summed E-state index contributed by atoms with van der Waals surface area (Å²) < 4.78 is 2.94. The molecule has 0 radical (unpaired) electrons. The second-order valence-electron chi connectivity index (χ2n) is 5.79. The van der Waals surface area contributed by atoms with Crippen LogP contribution in [-0.4, -0.2) is 33.3 Å². The van der Waals surface area contributed by atoms with E-state index >= 15 is 0 Å². The van der Waals surface area contributed by atoms with Gasteiger partial charge in [-0.3, -0.25) is 9.69 Å². The quantitative estimate of drug-likeness (QED) is 0.577. The normalized spacial score (nSPS) is 11.3. The number of hydrogen-bond acceptors (Lipinski definition) is 3. The van der Waals surface area contributed by atoms with Crippen molar-refractivity contribution in [2.24, 2.45) is 0 Å². The lowest BCUT2D eigenvalue weighted by molar-refractivity contribution is -0.117. The van der Waals surface area contributed by atoms with Crippen molar-refractivity contribution in [3.05, 3.63) is 62.9 Å². The van der Waals surface area contributed by atoms with Gasteiger partial charge in [0.1, 0.15) is 5.65 Å². The predicted molar refractivity (Wildman–Crippen MR) is 109 cm³/mol. The topological polar surface area (TPSA) is 49.6 Å². The van der Waals surface area contributed by atoms with E-state index in [4.69, 9.17) is 23.2 Å². The van der Waals surface area contributed by atoms with Gasteiger partial charge < -0.3 is 9.72 Å². The van der Waals surface area contributed by atoms with Gasteiger partial charge in [0, 0.05) is 23.4 Å². The first kappa shape index (κ1) is 19.2. The summed E-state index contributed by atoms with van der Waals surface area (Å²) in [6.07, 6.45) is 3.92. The third kappa shape index (κ3) is 4.57. The minimum Gasteiger partial charge on any atom is -0.322 e. The number of nitrogens with one attached hydrogen (secondary N) is 1. The molecule has 8 heteroatoms. The van der Waals surface area contributed by atoms with Crippen LogP contribution in [0.2, 0.25) is 10.0 Å². The highest BCUT2D eigenvalue weighted by atomic mass is 79.9. The minimum atomic E-state index is -0.173. The summed E-state index contributed by atoms with van der Waals surface area (Å²) in [4.78, 5) is 19.0. The summed E-state index contributed by atoms with van der Waals surface area (Å²) in [6, 6.07) is 9.01. The first-order valence-electron chi connectivity index (χ1n) is 8.05. The molecule has 5 nitrogen and oxygen atoms in total. The van der Waals surface area contributed by atoms with Crippen molar-refractivity contribution in [1.82, 2.24) is 14.3 Å². The Hall–Kier alpha value is -1.60. The van der Waals surface area contributed by atoms with E-state index in [9.17, 15) is 4.79 Å². The molecular formula is C18H17BrCl2N4O. The predicted octanol–water partition coefficient (Wildman–Crippen LogP) is 4.86. The lowest BCUT2D eigenvalue weighted by Gasteiger charge is -2.19. The summed E-state index contributed by atoms with van der Waals surface area (Å²) in [6.45, 7) is 3.50. The second-order valence-corrected chi connectivity index (χ2v) is 7.52. The number of benzene rings is 1. The number of hydrogen-bond donors (Lipinski definition) is 1. The summed E-state index contributed by atoms with van der Waals surface area (Å²) in [5.74, 6) is -0.173. The maximum atomic E-state index is 12.4. The maximum absolute atomic E-state index is 12.4. The van der Waals surface area contributed by atoms with Crippen molar-refractivity contribution >= 4 is 56.4 Å². The molecule has 2 aromatic heterocycles. The van der Waals surface area contributed by atoms with Gasteiger partial charge in [0.25, 0.3) is 0 Å². The molecule has 0 saturated carbocycles. The highest BCUT2D eigenvalue weighted by Gasteiger charge is 2.14. The van der Waals surface area contributed by atoms with E-state index in [1.54, 1.807) is 18.2 Å². The van der Waals surface area contributed by atoms with E-state index in [2.05, 4.69) is 26.2 Å². The van der Waals surface area contributed by atoms with Crippen molar-refractivity contribution in [2.45, 2.75) is 13.5 Å². The van der Waals surface area contributed by atoms with Gasteiger partial charge in [-0.2, -0.15) is 0 Å². The standard InChI is InChI=1S/C18H17BrCl2N4O/c1-2-24(9-13-10-25-8-12(19)6-7-16(25)22-13)11-17(26)23-18-14(20)4-3-5-15(18)21/h3-8,10H,2,9,11H2,1H3,(H,23,26). The third-order valence-electron chi connectivity index (χ3n) is 3.89. The molecule has 1 aromatic carbocycles. The van der Waals surface area contributed by atoms with Crippen LogP contribution >= 0.6 is 39.1 Å². The molecule has 0 atom stereocenters. The van der Waals surface area contributed by atoms with E-state index in [1.165, 1.54) is 0 Å². The Morgan fingerprint density at radius 1 is 1.23 bits per heavy atom. The van der Waals surface area contributed by atoms with Gasteiger partial charge in [-0.15, -0.1) is 0 Å². The number of carbonyl (C=O) groups is 1. The Kier molecular flexibility index (Phi) is 6.19. The van der Waals surface area contributed by atoms with Gasteiger partial charge in [0.2, 0.25) is 5.91 Å². The molecule has 0 aliphatic carbocycles. The van der Waals surface area contributed by atoms with Crippen molar-refractivity contribution in [2.75, 3.05) is 18.4 Å². The molecule has 0 fully saturated rings. The maximum Gasteiger partial charge on any atom is 0.238 e. The van der Waals surface area contributed by atoms with Gasteiger partial charge in [-0.05, 0) is 46.7 Å². The first-order valence-corrected chi connectivity index (χ1v) is 9.60. The summed E-state index contributed by atoms with van der Waals surface area (Å²) in [7, 11) is 0. The van der Waals surface area contributed by atoms with Crippen molar-refractivity contribution < 1.29 is 4.79 Å². The average molecular weight is 456 g/mol. The second kappa shape index (κ2) is 8.39. The molecule has 0 bridgehead atoms. The number of halogens is 3. The van der Waals surface area contributed by atoms with Gasteiger partial charge >= 0.3 is 0 Å². The molecule has 1 amide bonds. The number of amides is 1. The fraction of sp³-hybridized carbons (Fsp3) is 0.222. The Bertz CT molecular complexity index is 924. The van der Waals surface area contributed by atoms with Crippen LogP contribution < -0.4 is 5.32 Å². The number of rotatable bonds is 6. The molecule has 3 rings (SSSR count). The molecule has 0 spiro atoms. The van der Waals surface area contributed by atoms with Crippen molar-refractivity contribution in [3.8, 4) is 0 Å². The SMILES string of the molecule is CCN(CC(=O)Nc1c(Cl)cccc1Cl)Cc1cn2cc(Br)ccc2n1. The van der Waals surface area contributed by atoms with Crippen LogP contribution in [-0.2, 0) is 11.3 Å². The lowest BCUT2D eigenvalue weighted by atomic mass is 10.3. The zero-order valence-corrected chi connectivity index (χ0v) is 17.1. The number of imidazole rings is 1. The molecule has 136 valence electrons. The number of fused-ring (bicyclic) bond motifs is 1. The van der Waals surface area contributed by atoms with Gasteiger partial charge in [0.15, 0.2) is 0 Å². The van der Waals surface area contributed by atoms with Gasteiger partial charge in [0.05, 0.1) is 28.0 Å². The zero-order valence-electron chi connectivity index (χ0n) is 14.0. The number of para-hydroxylation sites is 1. The Morgan fingerprint density at radius 3 is 2.65 bits per heavy atom. The zero-order chi connectivity index (χ0) is 18.7. The molecule has 1 N–H and O–H groups in total. The number of nitrogens with zero attached hydrogens (tertiary/aromatic N) is 3.